The molecule has 2 amide bonds. The largest absolute Gasteiger partial charge is 0.477 e. The normalized spacial score (nSPS) is 14.5. The van der Waals surface area contributed by atoms with Gasteiger partial charge in [-0.05, 0) is 24.6 Å². The molecule has 1 aromatic carbocycles. The van der Waals surface area contributed by atoms with Crippen LogP contribution in [-0.4, -0.2) is 70.1 Å². The Balaban J connectivity index is 1.15. The molecule has 0 unspecified atom stereocenters. The summed E-state index contributed by atoms with van der Waals surface area (Å²) >= 11 is 0. The number of ether oxygens (including phenoxy) is 2. The van der Waals surface area contributed by atoms with Gasteiger partial charge in [-0.3, -0.25) is 10.2 Å². The first-order valence-corrected chi connectivity index (χ1v) is 12.8. The highest BCUT2D eigenvalue weighted by Crippen LogP contribution is 2.25. The molecule has 200 valence electrons. The van der Waals surface area contributed by atoms with E-state index in [1.54, 1.807) is 10.6 Å². The highest BCUT2D eigenvalue weighted by Gasteiger charge is 2.20. The fourth-order valence-electron chi connectivity index (χ4n) is 4.06. The lowest BCUT2D eigenvalue weighted by Crippen LogP contribution is -2.37. The quantitative estimate of drug-likeness (QED) is 0.328. The van der Waals surface area contributed by atoms with E-state index in [9.17, 15) is 4.79 Å². The smallest absolute Gasteiger partial charge is 0.324 e. The second-order valence-corrected chi connectivity index (χ2v) is 10.2. The van der Waals surface area contributed by atoms with E-state index < -0.39 is 6.03 Å². The van der Waals surface area contributed by atoms with Crippen molar-refractivity contribution < 1.29 is 18.8 Å². The molecule has 5 rings (SSSR count). The first-order valence-electron chi connectivity index (χ1n) is 12.8. The SMILES string of the molecule is CC(C)(C)c1cc(NC(=O)Nc2ccc(-c3cn4nc(OCCCN5CCOCC5)ccc4n3)cc2)no1. The molecule has 1 aliphatic heterocycles. The molecule has 0 aliphatic carbocycles. The Hall–Kier alpha value is -3.96. The zero-order valence-electron chi connectivity index (χ0n) is 21.9. The van der Waals surface area contributed by atoms with Gasteiger partial charge in [0.25, 0.3) is 0 Å². The van der Waals surface area contributed by atoms with E-state index in [0.717, 1.165) is 56.2 Å². The average molecular weight is 520 g/mol. The van der Waals surface area contributed by atoms with Crippen molar-refractivity contribution in [3.05, 3.63) is 54.4 Å². The summed E-state index contributed by atoms with van der Waals surface area (Å²) in [7, 11) is 0. The fraction of sp³-hybridized carbons (Fsp3) is 0.407. The minimum Gasteiger partial charge on any atom is -0.477 e. The van der Waals surface area contributed by atoms with Gasteiger partial charge in [-0.25, -0.2) is 14.3 Å². The van der Waals surface area contributed by atoms with Gasteiger partial charge in [0.2, 0.25) is 5.88 Å². The Morgan fingerprint density at radius 1 is 1.08 bits per heavy atom. The van der Waals surface area contributed by atoms with Crippen molar-refractivity contribution >= 4 is 23.2 Å². The average Bonchev–Trinajstić information content (AvgIpc) is 3.55. The van der Waals surface area contributed by atoms with E-state index in [0.29, 0.717) is 29.8 Å². The van der Waals surface area contributed by atoms with Crippen molar-refractivity contribution in [3.63, 3.8) is 0 Å². The minimum absolute atomic E-state index is 0.190. The molecular weight excluding hydrogens is 486 g/mol. The Kier molecular flexibility index (Phi) is 7.57. The van der Waals surface area contributed by atoms with Crippen LogP contribution in [0.4, 0.5) is 16.3 Å². The molecule has 2 N–H and O–H groups in total. The van der Waals surface area contributed by atoms with E-state index in [1.165, 1.54) is 0 Å². The Morgan fingerprint density at radius 3 is 2.61 bits per heavy atom. The number of hydrogen-bond donors (Lipinski definition) is 2. The summed E-state index contributed by atoms with van der Waals surface area (Å²) in [6.45, 7) is 11.2. The number of nitrogens with one attached hydrogen (secondary N) is 2. The molecule has 3 aromatic heterocycles. The number of morpholine rings is 1. The van der Waals surface area contributed by atoms with E-state index in [2.05, 4.69) is 30.8 Å². The summed E-state index contributed by atoms with van der Waals surface area (Å²) in [4.78, 5) is 19.4. The number of benzene rings is 1. The highest BCUT2D eigenvalue weighted by molar-refractivity contribution is 5.99. The van der Waals surface area contributed by atoms with Crippen LogP contribution in [0.15, 0.2) is 53.2 Å². The van der Waals surface area contributed by atoms with Crippen LogP contribution in [0.25, 0.3) is 16.9 Å². The standard InChI is InChI=1S/C27H33N7O4/c1-27(2,3)22-17-23(32-38-22)30-26(35)28-20-7-5-19(6-8-20)21-18-34-24(29-21)9-10-25(31-34)37-14-4-11-33-12-15-36-16-13-33/h5-10,17-18H,4,11-16H2,1-3H3,(H2,28,30,32,35). The molecule has 0 saturated carbocycles. The van der Waals surface area contributed by atoms with Crippen LogP contribution in [0.3, 0.4) is 0 Å². The van der Waals surface area contributed by atoms with Crippen LogP contribution in [-0.2, 0) is 10.2 Å². The minimum atomic E-state index is -0.402. The lowest BCUT2D eigenvalue weighted by Gasteiger charge is -2.26. The number of rotatable bonds is 8. The van der Waals surface area contributed by atoms with Gasteiger partial charge >= 0.3 is 6.03 Å². The summed E-state index contributed by atoms with van der Waals surface area (Å²) < 4.78 is 18.3. The number of carbonyl (C=O) groups is 1. The fourth-order valence-corrected chi connectivity index (χ4v) is 4.06. The van der Waals surface area contributed by atoms with Crippen molar-refractivity contribution in [2.24, 2.45) is 0 Å². The molecule has 4 heterocycles. The maximum absolute atomic E-state index is 12.4. The number of urea groups is 1. The van der Waals surface area contributed by atoms with Crippen molar-refractivity contribution in [2.75, 3.05) is 50.1 Å². The Labute approximate surface area is 221 Å². The van der Waals surface area contributed by atoms with Gasteiger partial charge in [0.1, 0.15) is 5.76 Å². The number of imidazole rings is 1. The predicted octanol–water partition coefficient (Wildman–Crippen LogP) is 4.43. The highest BCUT2D eigenvalue weighted by atomic mass is 16.5. The molecule has 0 bridgehead atoms. The first-order chi connectivity index (χ1) is 18.3. The molecule has 1 aliphatic rings. The maximum Gasteiger partial charge on any atom is 0.324 e. The van der Waals surface area contributed by atoms with Crippen molar-refractivity contribution in [1.82, 2.24) is 24.7 Å². The maximum atomic E-state index is 12.4. The van der Waals surface area contributed by atoms with Crippen LogP contribution in [0, 0.1) is 0 Å². The van der Waals surface area contributed by atoms with Crippen LogP contribution in [0.1, 0.15) is 33.0 Å². The van der Waals surface area contributed by atoms with Gasteiger partial charge in [-0.2, -0.15) is 0 Å². The summed E-state index contributed by atoms with van der Waals surface area (Å²) in [6, 6.07) is 12.5. The Morgan fingerprint density at radius 2 is 1.87 bits per heavy atom. The topological polar surface area (TPSA) is 119 Å². The molecule has 0 radical (unpaired) electrons. The van der Waals surface area contributed by atoms with Gasteiger partial charge in [0.05, 0.1) is 31.7 Å². The molecule has 0 atom stereocenters. The van der Waals surface area contributed by atoms with Gasteiger partial charge < -0.3 is 19.3 Å². The second-order valence-electron chi connectivity index (χ2n) is 10.2. The lowest BCUT2D eigenvalue weighted by molar-refractivity contribution is 0.0357. The number of fused-ring (bicyclic) bond motifs is 1. The predicted molar refractivity (Wildman–Crippen MR) is 144 cm³/mol. The number of hydrogen-bond acceptors (Lipinski definition) is 8. The molecule has 1 saturated heterocycles. The number of carbonyl (C=O) groups excluding carboxylic acids is 1. The monoisotopic (exact) mass is 519 g/mol. The van der Waals surface area contributed by atoms with Gasteiger partial charge in [-0.15, -0.1) is 5.10 Å². The summed E-state index contributed by atoms with van der Waals surface area (Å²) in [5.74, 6) is 1.62. The Bertz CT molecular complexity index is 1370. The van der Waals surface area contributed by atoms with Gasteiger partial charge in [0, 0.05) is 48.4 Å². The van der Waals surface area contributed by atoms with Crippen LogP contribution in [0.5, 0.6) is 5.88 Å². The number of amides is 2. The molecule has 4 aromatic rings. The number of nitrogens with zero attached hydrogens (tertiary/aromatic N) is 5. The molecule has 11 heteroatoms. The van der Waals surface area contributed by atoms with Crippen molar-refractivity contribution in [2.45, 2.75) is 32.6 Å². The molecule has 0 spiro atoms. The van der Waals surface area contributed by atoms with Gasteiger partial charge in [0.15, 0.2) is 11.5 Å². The van der Waals surface area contributed by atoms with Crippen LogP contribution < -0.4 is 15.4 Å². The summed E-state index contributed by atoms with van der Waals surface area (Å²) in [6.07, 6.45) is 2.80. The first kappa shape index (κ1) is 25.7. The molecular formula is C27H33N7O4. The third kappa shape index (κ3) is 6.48. The lowest BCUT2D eigenvalue weighted by atomic mass is 9.93. The summed E-state index contributed by atoms with van der Waals surface area (Å²) in [5, 5.41) is 13.9. The second kappa shape index (κ2) is 11.2. The van der Waals surface area contributed by atoms with E-state index in [4.69, 9.17) is 14.0 Å². The molecule has 38 heavy (non-hydrogen) atoms. The third-order valence-electron chi connectivity index (χ3n) is 6.20. The molecule has 11 nitrogen and oxygen atoms in total. The van der Waals surface area contributed by atoms with Gasteiger partial charge in [-0.1, -0.05) is 38.1 Å². The zero-order chi connectivity index (χ0) is 26.5. The number of anilines is 2. The summed E-state index contributed by atoms with van der Waals surface area (Å²) in [5.41, 5.74) is 2.85. The van der Waals surface area contributed by atoms with Crippen molar-refractivity contribution in [3.8, 4) is 17.1 Å². The zero-order valence-corrected chi connectivity index (χ0v) is 21.9. The van der Waals surface area contributed by atoms with Crippen LogP contribution >= 0.6 is 0 Å². The van der Waals surface area contributed by atoms with Crippen LogP contribution in [0.2, 0.25) is 0 Å². The molecule has 1 fully saturated rings. The third-order valence-corrected chi connectivity index (χ3v) is 6.20. The van der Waals surface area contributed by atoms with E-state index in [-0.39, 0.29) is 5.41 Å². The number of aromatic nitrogens is 4. The van der Waals surface area contributed by atoms with E-state index >= 15 is 0 Å². The van der Waals surface area contributed by atoms with E-state index in [1.807, 2.05) is 63.4 Å². The van der Waals surface area contributed by atoms with Crippen molar-refractivity contribution in [1.29, 1.82) is 0 Å².